The maximum atomic E-state index is 12.5. The number of fused-ring (bicyclic) bond motifs is 4. The number of H-pyrrole nitrogens is 1. The van der Waals surface area contributed by atoms with Crippen molar-refractivity contribution in [3.05, 3.63) is 48.3 Å². The van der Waals surface area contributed by atoms with Gasteiger partial charge in [-0.15, -0.1) is 0 Å². The zero-order chi connectivity index (χ0) is 23.8. The Hall–Kier alpha value is -3.72. The van der Waals surface area contributed by atoms with Crippen molar-refractivity contribution in [1.29, 1.82) is 0 Å². The van der Waals surface area contributed by atoms with Crippen LogP contribution in [-0.2, 0) is 9.53 Å². The highest BCUT2D eigenvalue weighted by Crippen LogP contribution is 2.38. The maximum Gasteiger partial charge on any atom is 0.222 e. The van der Waals surface area contributed by atoms with Crippen LogP contribution in [0.5, 0.6) is 0 Å². The van der Waals surface area contributed by atoms with Gasteiger partial charge in [0.15, 0.2) is 0 Å². The molecule has 0 radical (unpaired) electrons. The lowest BCUT2D eigenvalue weighted by Crippen LogP contribution is -2.38. The average Bonchev–Trinajstić information content (AvgIpc) is 3.49. The predicted molar refractivity (Wildman–Crippen MR) is 135 cm³/mol. The fourth-order valence-corrected chi connectivity index (χ4v) is 5.33. The zero-order valence-corrected chi connectivity index (χ0v) is 19.5. The SMILES string of the molecule is Nc1ncc2n3c(nc(-c4cnc5[nH]ccc5c4)c13)[C@@H]1CCC[C@H](C1)NC(=O)CCOCC/C=C/2. The molecule has 0 spiro atoms. The van der Waals surface area contributed by atoms with Crippen molar-refractivity contribution in [2.24, 2.45) is 0 Å². The number of hydrogen-bond acceptors (Lipinski definition) is 6. The highest BCUT2D eigenvalue weighted by Gasteiger charge is 2.30. The summed E-state index contributed by atoms with van der Waals surface area (Å²) in [5.41, 5.74) is 10.7. The molecule has 2 aliphatic rings. The number of nitrogens with two attached hydrogens (primary N) is 1. The molecule has 0 unspecified atom stereocenters. The van der Waals surface area contributed by atoms with E-state index in [1.807, 2.05) is 24.7 Å². The Kier molecular flexibility index (Phi) is 5.69. The van der Waals surface area contributed by atoms with Gasteiger partial charge in [0.2, 0.25) is 5.91 Å². The van der Waals surface area contributed by atoms with E-state index >= 15 is 0 Å². The number of aromatic amines is 1. The van der Waals surface area contributed by atoms with Crippen LogP contribution >= 0.6 is 0 Å². The second kappa shape index (κ2) is 9.14. The number of carbonyl (C=O) groups is 1. The van der Waals surface area contributed by atoms with E-state index in [9.17, 15) is 4.79 Å². The second-order valence-corrected chi connectivity index (χ2v) is 9.39. The van der Waals surface area contributed by atoms with Crippen molar-refractivity contribution in [2.45, 2.75) is 50.5 Å². The Morgan fingerprint density at radius 1 is 1.17 bits per heavy atom. The number of nitrogen functional groups attached to an aromatic ring is 1. The van der Waals surface area contributed by atoms with Crippen molar-refractivity contribution >= 4 is 34.4 Å². The number of nitrogens with zero attached hydrogens (tertiary/aromatic N) is 4. The van der Waals surface area contributed by atoms with E-state index in [1.165, 1.54) is 0 Å². The minimum absolute atomic E-state index is 0.0507. The second-order valence-electron chi connectivity index (χ2n) is 9.39. The van der Waals surface area contributed by atoms with Crippen LogP contribution < -0.4 is 11.1 Å². The molecule has 1 amide bonds. The van der Waals surface area contributed by atoms with Crippen LogP contribution in [-0.4, -0.2) is 49.5 Å². The van der Waals surface area contributed by atoms with Gasteiger partial charge in [-0.2, -0.15) is 0 Å². The highest BCUT2D eigenvalue weighted by molar-refractivity contribution is 5.90. The number of rotatable bonds is 1. The van der Waals surface area contributed by atoms with Gasteiger partial charge < -0.3 is 20.8 Å². The van der Waals surface area contributed by atoms with Crippen molar-refractivity contribution < 1.29 is 9.53 Å². The molecule has 2 bridgehead atoms. The third-order valence-electron chi connectivity index (χ3n) is 7.01. The predicted octanol–water partition coefficient (Wildman–Crippen LogP) is 3.82. The molecular weight excluding hydrogens is 442 g/mol. The molecule has 9 nitrogen and oxygen atoms in total. The van der Waals surface area contributed by atoms with Gasteiger partial charge in [-0.05, 0) is 43.9 Å². The summed E-state index contributed by atoms with van der Waals surface area (Å²) in [4.78, 5) is 29.9. The number of ether oxygens (including phenoxy) is 1. The summed E-state index contributed by atoms with van der Waals surface area (Å²) in [5.74, 6) is 1.64. The lowest BCUT2D eigenvalue weighted by molar-refractivity contribution is -0.123. The van der Waals surface area contributed by atoms with E-state index in [-0.39, 0.29) is 17.9 Å². The van der Waals surface area contributed by atoms with Crippen molar-refractivity contribution in [1.82, 2.24) is 29.7 Å². The molecule has 1 saturated carbocycles. The van der Waals surface area contributed by atoms with Crippen molar-refractivity contribution in [2.75, 3.05) is 18.9 Å². The molecule has 1 aliphatic heterocycles. The van der Waals surface area contributed by atoms with Gasteiger partial charge in [0.1, 0.15) is 28.5 Å². The number of imidazole rings is 1. The lowest BCUT2D eigenvalue weighted by Gasteiger charge is -2.29. The van der Waals surface area contributed by atoms with Crippen LogP contribution in [0.3, 0.4) is 0 Å². The number of hydrogen-bond donors (Lipinski definition) is 3. The van der Waals surface area contributed by atoms with E-state index in [1.54, 1.807) is 0 Å². The molecule has 9 heteroatoms. The molecule has 1 fully saturated rings. The largest absolute Gasteiger partial charge is 0.382 e. The summed E-state index contributed by atoms with van der Waals surface area (Å²) in [6.07, 6.45) is 14.6. The van der Waals surface area contributed by atoms with Crippen LogP contribution in [0.15, 0.2) is 36.8 Å². The molecule has 180 valence electrons. The third-order valence-corrected chi connectivity index (χ3v) is 7.01. The van der Waals surface area contributed by atoms with Crippen LogP contribution in [0.4, 0.5) is 5.82 Å². The minimum Gasteiger partial charge on any atom is -0.382 e. The Balaban J connectivity index is 1.53. The first kappa shape index (κ1) is 21.8. The Morgan fingerprint density at radius 3 is 3.06 bits per heavy atom. The summed E-state index contributed by atoms with van der Waals surface area (Å²) in [5, 5.41) is 4.24. The van der Waals surface area contributed by atoms with E-state index in [4.69, 9.17) is 15.5 Å². The molecule has 4 aromatic rings. The van der Waals surface area contributed by atoms with Gasteiger partial charge in [0, 0.05) is 41.7 Å². The Labute approximate surface area is 202 Å². The molecule has 4 aromatic heterocycles. The van der Waals surface area contributed by atoms with Crippen LogP contribution in [0, 0.1) is 0 Å². The van der Waals surface area contributed by atoms with E-state index in [0.717, 1.165) is 71.4 Å². The molecule has 2 atom stereocenters. The number of nitrogens with one attached hydrogen (secondary N) is 2. The van der Waals surface area contributed by atoms with Gasteiger partial charge in [0.25, 0.3) is 0 Å². The summed E-state index contributed by atoms with van der Waals surface area (Å²) in [7, 11) is 0. The fourth-order valence-electron chi connectivity index (χ4n) is 5.33. The summed E-state index contributed by atoms with van der Waals surface area (Å²) < 4.78 is 7.82. The van der Waals surface area contributed by atoms with Crippen molar-refractivity contribution in [3.63, 3.8) is 0 Å². The van der Waals surface area contributed by atoms with E-state index in [0.29, 0.717) is 25.5 Å². The average molecular weight is 472 g/mol. The number of amides is 1. The van der Waals surface area contributed by atoms with Crippen LogP contribution in [0.1, 0.15) is 56.0 Å². The summed E-state index contributed by atoms with van der Waals surface area (Å²) in [6.45, 7) is 1.000. The topological polar surface area (TPSA) is 123 Å². The minimum atomic E-state index is 0.0507. The molecule has 4 N–H and O–H groups in total. The molecule has 0 saturated heterocycles. The monoisotopic (exact) mass is 471 g/mol. The van der Waals surface area contributed by atoms with E-state index < -0.39 is 0 Å². The summed E-state index contributed by atoms with van der Waals surface area (Å²) in [6, 6.07) is 4.21. The first-order chi connectivity index (χ1) is 17.2. The smallest absolute Gasteiger partial charge is 0.222 e. The molecule has 35 heavy (non-hydrogen) atoms. The van der Waals surface area contributed by atoms with E-state index in [2.05, 4.69) is 42.9 Å². The Morgan fingerprint density at radius 2 is 2.11 bits per heavy atom. The van der Waals surface area contributed by atoms with Gasteiger partial charge in [-0.3, -0.25) is 9.20 Å². The number of anilines is 1. The normalized spacial score (nSPS) is 22.5. The summed E-state index contributed by atoms with van der Waals surface area (Å²) >= 11 is 0. The third kappa shape index (κ3) is 4.16. The van der Waals surface area contributed by atoms with Gasteiger partial charge in [-0.25, -0.2) is 15.0 Å². The highest BCUT2D eigenvalue weighted by atomic mass is 16.5. The number of pyridine rings is 1. The fraction of sp³-hybridized carbons (Fsp3) is 0.385. The van der Waals surface area contributed by atoms with Gasteiger partial charge in [-0.1, -0.05) is 12.5 Å². The van der Waals surface area contributed by atoms with Gasteiger partial charge in [0.05, 0.1) is 25.1 Å². The standard InChI is InChI=1S/C26H29N7O2/c27-24-23-22(18-12-16-7-9-28-25(16)30-14-18)32-26-17-4-3-5-19(13-17)31-21(34)8-11-35-10-2-1-6-20(15-29-24)33(23)26/h1,6-7,9,12,14-15,17,19H,2-5,8,10-11,13H2,(H2,27,29)(H,28,30)(H,31,34)/b6-1+/t17-,19-/m1/s1. The van der Waals surface area contributed by atoms with Crippen molar-refractivity contribution in [3.8, 4) is 11.3 Å². The maximum absolute atomic E-state index is 12.5. The molecule has 1 aliphatic carbocycles. The lowest BCUT2D eigenvalue weighted by atomic mass is 9.85. The first-order valence-electron chi connectivity index (χ1n) is 12.3. The number of carbonyl (C=O) groups excluding carboxylic acids is 1. The van der Waals surface area contributed by atoms with Gasteiger partial charge >= 0.3 is 0 Å². The molecular formula is C26H29N7O2. The molecule has 0 aromatic carbocycles. The zero-order valence-electron chi connectivity index (χ0n) is 19.5. The quantitative estimate of drug-likeness (QED) is 0.388. The van der Waals surface area contributed by atoms with Crippen LogP contribution in [0.25, 0.3) is 33.9 Å². The first-order valence-corrected chi connectivity index (χ1v) is 12.3. The molecule has 5 heterocycles. The molecule has 6 rings (SSSR count). The Bertz CT molecular complexity index is 1420. The number of aromatic nitrogens is 5. The van der Waals surface area contributed by atoms with Crippen LogP contribution in [0.2, 0.25) is 0 Å².